The van der Waals surface area contributed by atoms with Crippen molar-refractivity contribution in [2.45, 2.75) is 25.3 Å². The molecule has 0 spiro atoms. The number of ether oxygens (including phenoxy) is 1. The first-order valence-corrected chi connectivity index (χ1v) is 7.11. The largest absolute Gasteiger partial charge is 0.378 e. The van der Waals surface area contributed by atoms with Gasteiger partial charge < -0.3 is 20.3 Å². The predicted octanol–water partition coefficient (Wildman–Crippen LogP) is 0.498. The van der Waals surface area contributed by atoms with Crippen LogP contribution in [0.3, 0.4) is 0 Å². The molecule has 0 aromatic rings. The van der Waals surface area contributed by atoms with Crippen LogP contribution in [0.4, 0.5) is 4.79 Å². The Kier molecular flexibility index (Phi) is 3.43. The zero-order valence-corrected chi connectivity index (χ0v) is 10.9. The molecule has 3 aliphatic rings. The van der Waals surface area contributed by atoms with Gasteiger partial charge in [-0.1, -0.05) is 0 Å². The maximum Gasteiger partial charge on any atom is 0.320 e. The predicted molar refractivity (Wildman–Crippen MR) is 68.2 cm³/mol. The molecule has 2 N–H and O–H groups in total. The van der Waals surface area contributed by atoms with Gasteiger partial charge in [-0.05, 0) is 31.1 Å². The van der Waals surface area contributed by atoms with Crippen LogP contribution in [-0.4, -0.2) is 61.3 Å². The number of urea groups is 1. The minimum atomic E-state index is 0.210. The molecular weight excluding hydrogens is 230 g/mol. The van der Waals surface area contributed by atoms with E-state index >= 15 is 0 Å². The zero-order valence-electron chi connectivity index (χ0n) is 10.9. The molecule has 1 unspecified atom stereocenters. The van der Waals surface area contributed by atoms with Crippen LogP contribution >= 0.6 is 0 Å². The van der Waals surface area contributed by atoms with Gasteiger partial charge in [-0.3, -0.25) is 0 Å². The molecule has 102 valence electrons. The van der Waals surface area contributed by atoms with E-state index in [1.165, 1.54) is 6.42 Å². The molecule has 3 rings (SSSR count). The first kappa shape index (κ1) is 12.2. The molecule has 2 saturated heterocycles. The minimum absolute atomic E-state index is 0.210. The molecule has 18 heavy (non-hydrogen) atoms. The third-order valence-corrected chi connectivity index (χ3v) is 4.64. The lowest BCUT2D eigenvalue weighted by molar-refractivity contribution is 0.0447. The summed E-state index contributed by atoms with van der Waals surface area (Å²) in [4.78, 5) is 16.4. The standard InChI is InChI=1S/C13H23N3O2/c14-12-2-1-10-8-16(9-11(10)7-12)13(17)15-3-5-18-6-4-15/h10-12H,1-9,14H2/t10-,11+,12?/m1/s1. The Bertz CT molecular complexity index is 317. The molecule has 3 atom stereocenters. The van der Waals surface area contributed by atoms with Gasteiger partial charge in [0.2, 0.25) is 0 Å². The van der Waals surface area contributed by atoms with Crippen molar-refractivity contribution in [1.29, 1.82) is 0 Å². The van der Waals surface area contributed by atoms with Crippen LogP contribution in [0.15, 0.2) is 0 Å². The zero-order chi connectivity index (χ0) is 12.5. The monoisotopic (exact) mass is 253 g/mol. The Hall–Kier alpha value is -0.810. The number of nitrogens with zero attached hydrogens (tertiary/aromatic N) is 2. The third-order valence-electron chi connectivity index (χ3n) is 4.64. The van der Waals surface area contributed by atoms with Crippen LogP contribution in [0.25, 0.3) is 0 Å². The number of hydrogen-bond donors (Lipinski definition) is 1. The van der Waals surface area contributed by atoms with E-state index in [4.69, 9.17) is 10.5 Å². The molecule has 1 aliphatic carbocycles. The second-order valence-electron chi connectivity index (χ2n) is 5.88. The molecule has 1 saturated carbocycles. The van der Waals surface area contributed by atoms with Gasteiger partial charge in [-0.25, -0.2) is 4.79 Å². The molecule has 0 bridgehead atoms. The van der Waals surface area contributed by atoms with Gasteiger partial charge in [0.25, 0.3) is 0 Å². The fourth-order valence-electron chi connectivity index (χ4n) is 3.58. The summed E-state index contributed by atoms with van der Waals surface area (Å²) >= 11 is 0. The smallest absolute Gasteiger partial charge is 0.320 e. The normalized spacial score (nSPS) is 36.6. The Morgan fingerprint density at radius 3 is 2.56 bits per heavy atom. The fraction of sp³-hybridized carbons (Fsp3) is 0.923. The van der Waals surface area contributed by atoms with E-state index in [0.29, 0.717) is 31.1 Å². The second kappa shape index (κ2) is 5.05. The van der Waals surface area contributed by atoms with Gasteiger partial charge in [0, 0.05) is 32.2 Å². The van der Waals surface area contributed by atoms with Crippen molar-refractivity contribution in [3.05, 3.63) is 0 Å². The van der Waals surface area contributed by atoms with E-state index in [1.807, 2.05) is 9.80 Å². The van der Waals surface area contributed by atoms with Crippen molar-refractivity contribution in [3.8, 4) is 0 Å². The Labute approximate surface area is 108 Å². The summed E-state index contributed by atoms with van der Waals surface area (Å²) in [6.07, 6.45) is 3.41. The molecule has 0 radical (unpaired) electrons. The maximum absolute atomic E-state index is 12.4. The van der Waals surface area contributed by atoms with E-state index in [-0.39, 0.29) is 6.03 Å². The summed E-state index contributed by atoms with van der Waals surface area (Å²) in [5, 5.41) is 0. The Morgan fingerprint density at radius 1 is 1.06 bits per heavy atom. The lowest BCUT2D eigenvalue weighted by Gasteiger charge is -2.31. The van der Waals surface area contributed by atoms with Crippen molar-refractivity contribution < 1.29 is 9.53 Å². The van der Waals surface area contributed by atoms with Crippen molar-refractivity contribution >= 4 is 6.03 Å². The molecule has 2 heterocycles. The number of morpholine rings is 1. The van der Waals surface area contributed by atoms with Crippen molar-refractivity contribution in [3.63, 3.8) is 0 Å². The minimum Gasteiger partial charge on any atom is -0.378 e. The number of rotatable bonds is 0. The van der Waals surface area contributed by atoms with Gasteiger partial charge in [0.05, 0.1) is 13.2 Å². The van der Waals surface area contributed by atoms with Crippen LogP contribution in [0.1, 0.15) is 19.3 Å². The summed E-state index contributed by atoms with van der Waals surface area (Å²) in [6, 6.07) is 0.561. The summed E-state index contributed by atoms with van der Waals surface area (Å²) in [5.74, 6) is 1.33. The number of hydrogen-bond acceptors (Lipinski definition) is 3. The highest BCUT2D eigenvalue weighted by molar-refractivity contribution is 5.75. The lowest BCUT2D eigenvalue weighted by Crippen LogP contribution is -2.47. The van der Waals surface area contributed by atoms with Crippen LogP contribution < -0.4 is 5.73 Å². The summed E-state index contributed by atoms with van der Waals surface area (Å²) < 4.78 is 5.29. The quantitative estimate of drug-likeness (QED) is 0.684. The van der Waals surface area contributed by atoms with Gasteiger partial charge >= 0.3 is 6.03 Å². The number of amides is 2. The van der Waals surface area contributed by atoms with Crippen LogP contribution in [0, 0.1) is 11.8 Å². The topological polar surface area (TPSA) is 58.8 Å². The number of carbonyl (C=O) groups excluding carboxylic acids is 1. The highest BCUT2D eigenvalue weighted by Crippen LogP contribution is 2.36. The summed E-state index contributed by atoms with van der Waals surface area (Å²) in [5.41, 5.74) is 6.02. The molecule has 2 amide bonds. The maximum atomic E-state index is 12.4. The fourth-order valence-corrected chi connectivity index (χ4v) is 3.58. The van der Waals surface area contributed by atoms with E-state index in [0.717, 1.165) is 39.0 Å². The molecule has 5 nitrogen and oxygen atoms in total. The van der Waals surface area contributed by atoms with Crippen LogP contribution in [0.5, 0.6) is 0 Å². The number of nitrogens with two attached hydrogens (primary N) is 1. The first-order valence-electron chi connectivity index (χ1n) is 7.11. The number of carbonyl (C=O) groups is 1. The van der Waals surface area contributed by atoms with Gasteiger partial charge in [0.15, 0.2) is 0 Å². The Morgan fingerprint density at radius 2 is 1.78 bits per heavy atom. The molecule has 0 aromatic carbocycles. The Balaban J connectivity index is 1.59. The molecule has 2 aliphatic heterocycles. The molecular formula is C13H23N3O2. The van der Waals surface area contributed by atoms with Crippen LogP contribution in [-0.2, 0) is 4.74 Å². The van der Waals surface area contributed by atoms with Gasteiger partial charge in [0.1, 0.15) is 0 Å². The van der Waals surface area contributed by atoms with Crippen molar-refractivity contribution in [2.75, 3.05) is 39.4 Å². The average Bonchev–Trinajstić information content (AvgIpc) is 2.81. The number of likely N-dealkylation sites (tertiary alicyclic amines) is 1. The summed E-state index contributed by atoms with van der Waals surface area (Å²) in [7, 11) is 0. The highest BCUT2D eigenvalue weighted by Gasteiger charge is 2.39. The first-order chi connectivity index (χ1) is 8.74. The SMILES string of the molecule is NC1CC[C@@H]2CN(C(=O)N3CCOCC3)C[C@@H]2C1. The molecule has 5 heteroatoms. The molecule has 0 aromatic heterocycles. The van der Waals surface area contributed by atoms with E-state index < -0.39 is 0 Å². The highest BCUT2D eigenvalue weighted by atomic mass is 16.5. The van der Waals surface area contributed by atoms with Crippen molar-refractivity contribution in [2.24, 2.45) is 17.6 Å². The van der Waals surface area contributed by atoms with Crippen LogP contribution in [0.2, 0.25) is 0 Å². The third kappa shape index (κ3) is 2.34. The van der Waals surface area contributed by atoms with E-state index in [9.17, 15) is 4.79 Å². The van der Waals surface area contributed by atoms with Gasteiger partial charge in [-0.2, -0.15) is 0 Å². The second-order valence-corrected chi connectivity index (χ2v) is 5.88. The van der Waals surface area contributed by atoms with Gasteiger partial charge in [-0.15, -0.1) is 0 Å². The van der Waals surface area contributed by atoms with E-state index in [2.05, 4.69) is 0 Å². The summed E-state index contributed by atoms with van der Waals surface area (Å²) in [6.45, 7) is 4.69. The number of fused-ring (bicyclic) bond motifs is 1. The average molecular weight is 253 g/mol. The molecule has 3 fully saturated rings. The lowest BCUT2D eigenvalue weighted by atomic mass is 9.79. The van der Waals surface area contributed by atoms with Crippen molar-refractivity contribution in [1.82, 2.24) is 9.80 Å². The van der Waals surface area contributed by atoms with E-state index in [1.54, 1.807) is 0 Å².